The van der Waals surface area contributed by atoms with Gasteiger partial charge in [-0.25, -0.2) is 4.98 Å². The highest BCUT2D eigenvalue weighted by Gasteiger charge is 2.20. The van der Waals surface area contributed by atoms with E-state index >= 15 is 0 Å². The number of nitrogen functional groups attached to an aromatic ring is 1. The summed E-state index contributed by atoms with van der Waals surface area (Å²) in [7, 11) is 0. The van der Waals surface area contributed by atoms with E-state index in [0.717, 1.165) is 55.7 Å². The Bertz CT molecular complexity index is 660. The molecule has 0 spiro atoms. The Morgan fingerprint density at radius 2 is 2.33 bits per heavy atom. The second kappa shape index (κ2) is 7.81. The SMILES string of the molecule is CCC[C@@H](CCO)Nc1nc(N)nc2ccn(CC3CCCO3)c12. The molecule has 1 fully saturated rings. The standard InChI is InChI=1S/C17H27N5O2/c1-2-4-12(7-9-23)19-16-15-14(20-17(18)21-16)6-8-22(15)11-13-5-3-10-24-13/h6,8,12-13,23H,2-5,7,9-11H2,1H3,(H3,18,19,20,21)/t12-,13?/m0/s1. The Balaban J connectivity index is 1.90. The quantitative estimate of drug-likeness (QED) is 0.685. The number of ether oxygens (including phenoxy) is 1. The summed E-state index contributed by atoms with van der Waals surface area (Å²) in [6, 6.07) is 2.14. The van der Waals surface area contributed by atoms with Crippen LogP contribution >= 0.6 is 0 Å². The van der Waals surface area contributed by atoms with E-state index in [-0.39, 0.29) is 24.7 Å². The molecule has 1 aliphatic heterocycles. The zero-order chi connectivity index (χ0) is 16.9. The molecule has 24 heavy (non-hydrogen) atoms. The predicted molar refractivity (Wildman–Crippen MR) is 94.9 cm³/mol. The largest absolute Gasteiger partial charge is 0.396 e. The van der Waals surface area contributed by atoms with Crippen LogP contribution < -0.4 is 11.1 Å². The second-order valence-electron chi connectivity index (χ2n) is 6.41. The second-order valence-corrected chi connectivity index (χ2v) is 6.41. The molecule has 1 saturated heterocycles. The highest BCUT2D eigenvalue weighted by Crippen LogP contribution is 2.26. The number of aliphatic hydroxyl groups is 1. The molecule has 4 N–H and O–H groups in total. The third-order valence-corrected chi connectivity index (χ3v) is 4.51. The highest BCUT2D eigenvalue weighted by atomic mass is 16.5. The molecule has 7 nitrogen and oxygen atoms in total. The van der Waals surface area contributed by atoms with Gasteiger partial charge in [0.25, 0.3) is 0 Å². The lowest BCUT2D eigenvalue weighted by Crippen LogP contribution is -2.23. The molecule has 132 valence electrons. The van der Waals surface area contributed by atoms with Gasteiger partial charge in [-0.2, -0.15) is 4.98 Å². The van der Waals surface area contributed by atoms with Gasteiger partial charge in [-0.05, 0) is 31.7 Å². The summed E-state index contributed by atoms with van der Waals surface area (Å²) in [5, 5.41) is 12.8. The molecule has 3 rings (SSSR count). The van der Waals surface area contributed by atoms with Gasteiger partial charge in [0.2, 0.25) is 5.95 Å². The Morgan fingerprint density at radius 1 is 1.46 bits per heavy atom. The molecule has 2 aromatic heterocycles. The van der Waals surface area contributed by atoms with Gasteiger partial charge in [-0.3, -0.25) is 0 Å². The summed E-state index contributed by atoms with van der Waals surface area (Å²) in [4.78, 5) is 8.77. The average Bonchev–Trinajstić information content (AvgIpc) is 3.18. The third kappa shape index (κ3) is 3.79. The molecule has 2 atom stereocenters. The molecule has 0 saturated carbocycles. The number of nitrogens with zero attached hydrogens (tertiary/aromatic N) is 3. The van der Waals surface area contributed by atoms with Crippen molar-refractivity contribution in [3.63, 3.8) is 0 Å². The zero-order valence-electron chi connectivity index (χ0n) is 14.2. The normalized spacial score (nSPS) is 19.0. The van der Waals surface area contributed by atoms with Crippen LogP contribution in [0.1, 0.15) is 39.0 Å². The maximum absolute atomic E-state index is 9.29. The molecule has 0 aliphatic carbocycles. The summed E-state index contributed by atoms with van der Waals surface area (Å²) in [5.41, 5.74) is 7.67. The first-order valence-corrected chi connectivity index (χ1v) is 8.82. The summed E-state index contributed by atoms with van der Waals surface area (Å²) in [6.07, 6.45) is 7.17. The molecule has 2 aromatic rings. The van der Waals surface area contributed by atoms with Crippen LogP contribution in [0.5, 0.6) is 0 Å². The highest BCUT2D eigenvalue weighted by molar-refractivity contribution is 5.87. The fraction of sp³-hybridized carbons (Fsp3) is 0.647. The van der Waals surface area contributed by atoms with Crippen molar-refractivity contribution in [1.82, 2.24) is 14.5 Å². The number of nitrogens with two attached hydrogens (primary N) is 1. The molecule has 0 bridgehead atoms. The minimum atomic E-state index is 0.151. The number of hydrogen-bond acceptors (Lipinski definition) is 6. The number of anilines is 2. The minimum Gasteiger partial charge on any atom is -0.396 e. The Kier molecular flexibility index (Phi) is 5.52. The first-order valence-electron chi connectivity index (χ1n) is 8.82. The van der Waals surface area contributed by atoms with E-state index < -0.39 is 0 Å². The van der Waals surface area contributed by atoms with Gasteiger partial charge in [0, 0.05) is 32.0 Å². The molecule has 1 unspecified atom stereocenters. The van der Waals surface area contributed by atoms with Crippen molar-refractivity contribution in [1.29, 1.82) is 0 Å². The van der Waals surface area contributed by atoms with Crippen LogP contribution in [0, 0.1) is 0 Å². The lowest BCUT2D eigenvalue weighted by atomic mass is 10.1. The number of fused-ring (bicyclic) bond motifs is 1. The maximum Gasteiger partial charge on any atom is 0.222 e. The minimum absolute atomic E-state index is 0.151. The van der Waals surface area contributed by atoms with Gasteiger partial charge in [0.15, 0.2) is 5.82 Å². The van der Waals surface area contributed by atoms with Gasteiger partial charge < -0.3 is 25.5 Å². The Labute approximate surface area is 142 Å². The van der Waals surface area contributed by atoms with Crippen LogP contribution in [0.3, 0.4) is 0 Å². The number of aliphatic hydroxyl groups excluding tert-OH is 1. The Hall–Kier alpha value is -1.86. The van der Waals surface area contributed by atoms with Crippen LogP contribution in [0.4, 0.5) is 11.8 Å². The monoisotopic (exact) mass is 333 g/mol. The smallest absolute Gasteiger partial charge is 0.222 e. The van der Waals surface area contributed by atoms with E-state index in [0.29, 0.717) is 6.42 Å². The summed E-state index contributed by atoms with van der Waals surface area (Å²) >= 11 is 0. The van der Waals surface area contributed by atoms with Crippen molar-refractivity contribution in [3.05, 3.63) is 12.3 Å². The molecule has 0 aromatic carbocycles. The predicted octanol–water partition coefficient (Wildman–Crippen LogP) is 2.16. The van der Waals surface area contributed by atoms with Crippen molar-refractivity contribution < 1.29 is 9.84 Å². The van der Waals surface area contributed by atoms with E-state index in [1.807, 2.05) is 12.3 Å². The van der Waals surface area contributed by atoms with Gasteiger partial charge in [0.1, 0.15) is 5.52 Å². The van der Waals surface area contributed by atoms with Crippen LogP contribution in [-0.4, -0.2) is 45.0 Å². The van der Waals surface area contributed by atoms with E-state index in [1.54, 1.807) is 0 Å². The van der Waals surface area contributed by atoms with Gasteiger partial charge in [0.05, 0.1) is 11.6 Å². The molecule has 7 heteroatoms. The van der Waals surface area contributed by atoms with Crippen LogP contribution in [0.15, 0.2) is 12.3 Å². The molecular formula is C17H27N5O2. The lowest BCUT2D eigenvalue weighted by molar-refractivity contribution is 0.0980. The first kappa shape index (κ1) is 17.0. The Morgan fingerprint density at radius 3 is 3.04 bits per heavy atom. The van der Waals surface area contributed by atoms with Gasteiger partial charge in [-0.1, -0.05) is 13.3 Å². The lowest BCUT2D eigenvalue weighted by Gasteiger charge is -2.20. The third-order valence-electron chi connectivity index (χ3n) is 4.51. The summed E-state index contributed by atoms with van der Waals surface area (Å²) in [6.45, 7) is 3.92. The summed E-state index contributed by atoms with van der Waals surface area (Å²) in [5.74, 6) is 1.01. The van der Waals surface area contributed by atoms with E-state index in [9.17, 15) is 5.11 Å². The van der Waals surface area contributed by atoms with Gasteiger partial charge >= 0.3 is 0 Å². The van der Waals surface area contributed by atoms with Crippen molar-refractivity contribution in [3.8, 4) is 0 Å². The average molecular weight is 333 g/mol. The van der Waals surface area contributed by atoms with Crippen LogP contribution in [-0.2, 0) is 11.3 Å². The number of nitrogens with one attached hydrogen (secondary N) is 1. The van der Waals surface area contributed by atoms with Crippen molar-refractivity contribution >= 4 is 22.8 Å². The molecule has 0 amide bonds. The van der Waals surface area contributed by atoms with Gasteiger partial charge in [-0.15, -0.1) is 0 Å². The molecule has 1 aliphatic rings. The topological polar surface area (TPSA) is 98.2 Å². The number of aromatic nitrogens is 3. The van der Waals surface area contributed by atoms with E-state index in [4.69, 9.17) is 10.5 Å². The fourth-order valence-electron chi connectivity index (χ4n) is 3.37. The molecular weight excluding hydrogens is 306 g/mol. The van der Waals surface area contributed by atoms with Crippen molar-refractivity contribution in [2.75, 3.05) is 24.3 Å². The van der Waals surface area contributed by atoms with Crippen molar-refractivity contribution in [2.45, 2.75) is 57.7 Å². The van der Waals surface area contributed by atoms with Crippen LogP contribution in [0.2, 0.25) is 0 Å². The maximum atomic E-state index is 9.29. The number of hydrogen-bond donors (Lipinski definition) is 3. The van der Waals surface area contributed by atoms with E-state index in [1.165, 1.54) is 0 Å². The summed E-state index contributed by atoms with van der Waals surface area (Å²) < 4.78 is 7.91. The number of rotatable bonds is 8. The first-order chi connectivity index (χ1) is 11.7. The van der Waals surface area contributed by atoms with Crippen molar-refractivity contribution in [2.24, 2.45) is 0 Å². The molecule has 3 heterocycles. The van der Waals surface area contributed by atoms with Crippen LogP contribution in [0.25, 0.3) is 11.0 Å². The zero-order valence-corrected chi connectivity index (χ0v) is 14.2. The fourth-order valence-corrected chi connectivity index (χ4v) is 3.37. The van der Waals surface area contributed by atoms with E-state index in [2.05, 4.69) is 26.8 Å². The molecule has 0 radical (unpaired) electrons.